The lowest BCUT2D eigenvalue weighted by molar-refractivity contribution is 0.0696. The Morgan fingerprint density at radius 3 is 2.93 bits per heavy atom. The van der Waals surface area contributed by atoms with E-state index in [0.29, 0.717) is 24.6 Å². The number of aromatic carboxylic acids is 1. The highest BCUT2D eigenvalue weighted by Crippen LogP contribution is 2.13. The minimum atomic E-state index is -0.976. The smallest absolute Gasteiger partial charge is 0.335 e. The Labute approximate surface area is 88.2 Å². The van der Waals surface area contributed by atoms with Gasteiger partial charge in [-0.3, -0.25) is 0 Å². The normalized spacial score (nSPS) is 9.67. The first-order valence-corrected chi connectivity index (χ1v) is 4.65. The van der Waals surface area contributed by atoms with Crippen LogP contribution in [0.2, 0.25) is 0 Å². The van der Waals surface area contributed by atoms with Crippen molar-refractivity contribution in [2.24, 2.45) is 0 Å². The predicted molar refractivity (Wildman–Crippen MR) is 56.3 cm³/mol. The molecular weight excluding hydrogens is 194 g/mol. The quantitative estimate of drug-likeness (QED) is 0.749. The molecule has 0 radical (unpaired) electrons. The zero-order valence-corrected chi connectivity index (χ0v) is 8.56. The molecule has 0 atom stereocenters. The van der Waals surface area contributed by atoms with Gasteiger partial charge in [0.1, 0.15) is 6.61 Å². The lowest BCUT2D eigenvalue weighted by Gasteiger charge is -2.05. The van der Waals surface area contributed by atoms with Crippen LogP contribution in [-0.2, 0) is 6.42 Å². The van der Waals surface area contributed by atoms with Crippen molar-refractivity contribution in [2.75, 3.05) is 6.61 Å². The zero-order valence-electron chi connectivity index (χ0n) is 8.56. The molecule has 0 amide bonds. The van der Waals surface area contributed by atoms with Crippen LogP contribution in [0.4, 0.5) is 0 Å². The second-order valence-corrected chi connectivity index (χ2v) is 2.94. The van der Waals surface area contributed by atoms with Crippen molar-refractivity contribution in [2.45, 2.75) is 13.3 Å². The van der Waals surface area contributed by atoms with E-state index in [-0.39, 0.29) is 5.56 Å². The van der Waals surface area contributed by atoms with E-state index in [4.69, 9.17) is 9.84 Å². The largest absolute Gasteiger partial charge is 0.478 e. The van der Waals surface area contributed by atoms with Crippen molar-refractivity contribution in [1.82, 2.24) is 4.98 Å². The summed E-state index contributed by atoms with van der Waals surface area (Å²) in [6, 6.07) is 2.95. The second-order valence-electron chi connectivity index (χ2n) is 2.94. The molecule has 1 heterocycles. The first-order chi connectivity index (χ1) is 7.17. The van der Waals surface area contributed by atoms with Crippen LogP contribution in [0.1, 0.15) is 23.0 Å². The minimum Gasteiger partial charge on any atom is -0.478 e. The number of carboxylic acid groups (broad SMARTS) is 1. The van der Waals surface area contributed by atoms with Gasteiger partial charge in [-0.2, -0.15) is 0 Å². The van der Waals surface area contributed by atoms with Crippen molar-refractivity contribution in [3.05, 3.63) is 36.0 Å². The molecule has 0 aliphatic heterocycles. The van der Waals surface area contributed by atoms with Crippen LogP contribution < -0.4 is 4.74 Å². The van der Waals surface area contributed by atoms with Crippen molar-refractivity contribution >= 4 is 5.97 Å². The van der Waals surface area contributed by atoms with Gasteiger partial charge < -0.3 is 9.84 Å². The third-order valence-corrected chi connectivity index (χ3v) is 1.81. The Balaban J connectivity index is 2.99. The summed E-state index contributed by atoms with van der Waals surface area (Å²) in [6.45, 7) is 5.73. The number of carboxylic acids is 1. The number of carbonyl (C=O) groups is 1. The third-order valence-electron chi connectivity index (χ3n) is 1.81. The summed E-state index contributed by atoms with van der Waals surface area (Å²) in [5.41, 5.74) is 0.898. The predicted octanol–water partition coefficient (Wildman–Crippen LogP) is 1.91. The third kappa shape index (κ3) is 3.09. The van der Waals surface area contributed by atoms with E-state index in [1.54, 1.807) is 12.1 Å². The van der Waals surface area contributed by atoms with Crippen LogP contribution in [0.3, 0.4) is 0 Å². The summed E-state index contributed by atoms with van der Waals surface area (Å²) < 4.78 is 5.20. The van der Waals surface area contributed by atoms with Gasteiger partial charge in [0.25, 0.3) is 0 Å². The minimum absolute atomic E-state index is 0.195. The van der Waals surface area contributed by atoms with Crippen molar-refractivity contribution in [1.29, 1.82) is 0 Å². The SMILES string of the molecule is C=CCOc1cc(C(=O)O)cc(CC)n1. The summed E-state index contributed by atoms with van der Waals surface area (Å²) in [6.07, 6.45) is 2.26. The second kappa shape index (κ2) is 5.14. The van der Waals surface area contributed by atoms with Crippen LogP contribution in [0.25, 0.3) is 0 Å². The van der Waals surface area contributed by atoms with E-state index in [1.165, 1.54) is 6.07 Å². The lowest BCUT2D eigenvalue weighted by Crippen LogP contribution is -2.03. The summed E-state index contributed by atoms with van der Waals surface area (Å²) in [5.74, 6) is -0.651. The molecule has 1 aromatic heterocycles. The molecule has 0 fully saturated rings. The fourth-order valence-corrected chi connectivity index (χ4v) is 1.08. The van der Waals surface area contributed by atoms with Gasteiger partial charge in [-0.1, -0.05) is 19.6 Å². The van der Waals surface area contributed by atoms with Gasteiger partial charge in [-0.05, 0) is 12.5 Å². The number of rotatable bonds is 5. The van der Waals surface area contributed by atoms with Gasteiger partial charge >= 0.3 is 5.97 Å². The summed E-state index contributed by atoms with van der Waals surface area (Å²) >= 11 is 0. The average molecular weight is 207 g/mol. The molecule has 0 aromatic carbocycles. The average Bonchev–Trinajstić information content (AvgIpc) is 2.25. The Hall–Kier alpha value is -1.84. The molecule has 80 valence electrons. The number of ether oxygens (including phenoxy) is 1. The Bertz CT molecular complexity index is 374. The van der Waals surface area contributed by atoms with E-state index in [2.05, 4.69) is 11.6 Å². The molecule has 0 aliphatic rings. The molecule has 0 bridgehead atoms. The number of hydrogen-bond donors (Lipinski definition) is 1. The van der Waals surface area contributed by atoms with E-state index in [9.17, 15) is 4.79 Å². The maximum absolute atomic E-state index is 10.8. The summed E-state index contributed by atoms with van der Waals surface area (Å²) in [4.78, 5) is 14.9. The van der Waals surface area contributed by atoms with Crippen LogP contribution in [0, 0.1) is 0 Å². The number of aromatic nitrogens is 1. The maximum Gasteiger partial charge on any atom is 0.335 e. The Morgan fingerprint density at radius 2 is 2.40 bits per heavy atom. The first kappa shape index (κ1) is 11.2. The fraction of sp³-hybridized carbons (Fsp3) is 0.273. The topological polar surface area (TPSA) is 59.4 Å². The van der Waals surface area contributed by atoms with E-state index in [0.717, 1.165) is 0 Å². The first-order valence-electron chi connectivity index (χ1n) is 4.65. The number of hydrogen-bond acceptors (Lipinski definition) is 3. The van der Waals surface area contributed by atoms with E-state index < -0.39 is 5.97 Å². The number of pyridine rings is 1. The highest BCUT2D eigenvalue weighted by atomic mass is 16.5. The van der Waals surface area contributed by atoms with Crippen molar-refractivity contribution in [3.8, 4) is 5.88 Å². The maximum atomic E-state index is 10.8. The molecule has 4 nitrogen and oxygen atoms in total. The molecule has 1 aromatic rings. The Kier molecular flexibility index (Phi) is 3.85. The van der Waals surface area contributed by atoms with Gasteiger partial charge in [-0.15, -0.1) is 0 Å². The highest BCUT2D eigenvalue weighted by molar-refractivity contribution is 5.88. The van der Waals surface area contributed by atoms with Gasteiger partial charge in [0.05, 0.1) is 5.56 Å². The Morgan fingerprint density at radius 1 is 1.67 bits per heavy atom. The van der Waals surface area contributed by atoms with Crippen LogP contribution in [0.5, 0.6) is 5.88 Å². The molecule has 0 unspecified atom stereocenters. The molecule has 1 N–H and O–H groups in total. The molecule has 0 saturated carbocycles. The summed E-state index contributed by atoms with van der Waals surface area (Å²) in [5, 5.41) is 8.85. The monoisotopic (exact) mass is 207 g/mol. The molecule has 0 saturated heterocycles. The van der Waals surface area contributed by atoms with Gasteiger partial charge in [0.2, 0.25) is 5.88 Å². The summed E-state index contributed by atoms with van der Waals surface area (Å²) in [7, 11) is 0. The lowest BCUT2D eigenvalue weighted by atomic mass is 10.2. The van der Waals surface area contributed by atoms with Gasteiger partial charge in [-0.25, -0.2) is 9.78 Å². The van der Waals surface area contributed by atoms with Gasteiger partial charge in [0.15, 0.2) is 0 Å². The van der Waals surface area contributed by atoms with Crippen LogP contribution in [0.15, 0.2) is 24.8 Å². The molecule has 0 aliphatic carbocycles. The number of nitrogens with zero attached hydrogens (tertiary/aromatic N) is 1. The van der Waals surface area contributed by atoms with Crippen molar-refractivity contribution < 1.29 is 14.6 Å². The molecule has 4 heteroatoms. The van der Waals surface area contributed by atoms with Crippen molar-refractivity contribution in [3.63, 3.8) is 0 Å². The molecule has 0 spiro atoms. The highest BCUT2D eigenvalue weighted by Gasteiger charge is 2.07. The zero-order chi connectivity index (χ0) is 11.3. The molecule has 15 heavy (non-hydrogen) atoms. The van der Waals surface area contributed by atoms with Crippen LogP contribution >= 0.6 is 0 Å². The number of aryl methyl sites for hydroxylation is 1. The van der Waals surface area contributed by atoms with E-state index >= 15 is 0 Å². The van der Waals surface area contributed by atoms with E-state index in [1.807, 2.05) is 6.92 Å². The molecular formula is C11H13NO3. The van der Waals surface area contributed by atoms with Gasteiger partial charge in [0, 0.05) is 11.8 Å². The standard InChI is InChI=1S/C11H13NO3/c1-3-5-15-10-7-8(11(13)14)6-9(4-2)12-10/h3,6-7H,1,4-5H2,2H3,(H,13,14). The molecule has 1 rings (SSSR count). The van der Waals surface area contributed by atoms with Crippen LogP contribution in [-0.4, -0.2) is 22.7 Å². The fourth-order valence-electron chi connectivity index (χ4n) is 1.08.